The highest BCUT2D eigenvalue weighted by molar-refractivity contribution is 5.18. The van der Waals surface area contributed by atoms with E-state index in [1.807, 2.05) is 30.3 Å². The minimum Gasteiger partial charge on any atom is -0.387 e. The fourth-order valence-electron chi connectivity index (χ4n) is 2.63. The number of benzene rings is 1. The van der Waals surface area contributed by atoms with E-state index in [0.29, 0.717) is 0 Å². The highest BCUT2D eigenvalue weighted by Gasteiger charge is 2.23. The van der Waals surface area contributed by atoms with Gasteiger partial charge in [-0.1, -0.05) is 43.2 Å². The Morgan fingerprint density at radius 3 is 2.18 bits per heavy atom. The third kappa shape index (κ3) is 3.30. The maximum absolute atomic E-state index is 10.4. The van der Waals surface area contributed by atoms with Gasteiger partial charge in [0.25, 0.3) is 0 Å². The van der Waals surface area contributed by atoms with Crippen molar-refractivity contribution in [2.45, 2.75) is 44.8 Å². The molecule has 0 bridgehead atoms. The number of nitrogens with zero attached hydrogens (tertiary/aromatic N) is 1. The minimum absolute atomic E-state index is 0.218. The van der Waals surface area contributed by atoms with Gasteiger partial charge in [0.1, 0.15) is 0 Å². The second-order valence-electron chi connectivity index (χ2n) is 5.05. The molecule has 94 valence electrons. The van der Waals surface area contributed by atoms with Crippen molar-refractivity contribution in [3.8, 4) is 0 Å². The zero-order valence-electron chi connectivity index (χ0n) is 10.7. The van der Waals surface area contributed by atoms with Crippen molar-refractivity contribution in [1.82, 2.24) is 4.90 Å². The quantitative estimate of drug-likeness (QED) is 0.867. The molecule has 0 unspecified atom stereocenters. The van der Waals surface area contributed by atoms with E-state index in [4.69, 9.17) is 0 Å². The highest BCUT2D eigenvalue weighted by atomic mass is 16.3. The van der Waals surface area contributed by atoms with Crippen molar-refractivity contribution in [2.75, 3.05) is 13.1 Å². The Bertz CT molecular complexity index is 317. The van der Waals surface area contributed by atoms with Crippen LogP contribution in [-0.4, -0.2) is 29.1 Å². The van der Waals surface area contributed by atoms with Crippen molar-refractivity contribution < 1.29 is 5.11 Å². The standard InChI is InChI=1S/C15H23NO/c1-13(16-11-7-2-3-8-12-16)15(17)14-9-5-4-6-10-14/h4-6,9-10,13,15,17H,2-3,7-8,11-12H2,1H3/t13-,15+/m1/s1. The average Bonchev–Trinajstić information content (AvgIpc) is 2.67. The molecule has 2 rings (SSSR count). The fraction of sp³-hybridized carbons (Fsp3) is 0.600. The molecule has 1 aromatic carbocycles. The molecule has 0 amide bonds. The monoisotopic (exact) mass is 233 g/mol. The van der Waals surface area contributed by atoms with Crippen LogP contribution in [-0.2, 0) is 0 Å². The first-order valence-corrected chi connectivity index (χ1v) is 6.76. The zero-order chi connectivity index (χ0) is 12.1. The Morgan fingerprint density at radius 1 is 1.00 bits per heavy atom. The third-order valence-electron chi connectivity index (χ3n) is 3.81. The second kappa shape index (κ2) is 6.18. The van der Waals surface area contributed by atoms with Gasteiger partial charge >= 0.3 is 0 Å². The Labute approximate surface area is 104 Å². The van der Waals surface area contributed by atoms with Gasteiger partial charge in [-0.15, -0.1) is 0 Å². The van der Waals surface area contributed by atoms with Gasteiger partial charge in [0.2, 0.25) is 0 Å². The van der Waals surface area contributed by atoms with Crippen LogP contribution in [0, 0.1) is 0 Å². The molecule has 0 saturated carbocycles. The number of hydrogen-bond acceptors (Lipinski definition) is 2. The molecule has 1 aromatic rings. The topological polar surface area (TPSA) is 23.5 Å². The van der Waals surface area contributed by atoms with Gasteiger partial charge in [0.15, 0.2) is 0 Å². The van der Waals surface area contributed by atoms with Crippen LogP contribution < -0.4 is 0 Å². The van der Waals surface area contributed by atoms with Gasteiger partial charge in [-0.2, -0.15) is 0 Å². The molecule has 0 radical (unpaired) electrons. The molecule has 0 aromatic heterocycles. The first-order valence-electron chi connectivity index (χ1n) is 6.76. The van der Waals surface area contributed by atoms with E-state index in [0.717, 1.165) is 18.7 Å². The molecule has 1 heterocycles. The van der Waals surface area contributed by atoms with Gasteiger partial charge in [-0.3, -0.25) is 4.90 Å². The summed E-state index contributed by atoms with van der Waals surface area (Å²) in [5, 5.41) is 10.4. The molecule has 1 saturated heterocycles. The lowest BCUT2D eigenvalue weighted by atomic mass is 10.0. The van der Waals surface area contributed by atoms with Crippen LogP contribution in [0.2, 0.25) is 0 Å². The molecular weight excluding hydrogens is 210 g/mol. The summed E-state index contributed by atoms with van der Waals surface area (Å²) in [5.41, 5.74) is 1.03. The van der Waals surface area contributed by atoms with Crippen LogP contribution in [0.3, 0.4) is 0 Å². The van der Waals surface area contributed by atoms with Crippen LogP contribution >= 0.6 is 0 Å². The normalized spacial score (nSPS) is 21.8. The summed E-state index contributed by atoms with van der Waals surface area (Å²) in [7, 11) is 0. The number of likely N-dealkylation sites (tertiary alicyclic amines) is 1. The summed E-state index contributed by atoms with van der Waals surface area (Å²) in [6.07, 6.45) is 4.85. The first-order chi connectivity index (χ1) is 8.29. The maximum Gasteiger partial charge on any atom is 0.0942 e. The summed E-state index contributed by atoms with van der Waals surface area (Å²) in [6, 6.07) is 10.2. The van der Waals surface area contributed by atoms with Crippen LogP contribution in [0.25, 0.3) is 0 Å². The van der Waals surface area contributed by atoms with Crippen molar-refractivity contribution in [1.29, 1.82) is 0 Å². The Morgan fingerprint density at radius 2 is 1.59 bits per heavy atom. The number of aliphatic hydroxyl groups excluding tert-OH is 1. The number of hydrogen-bond donors (Lipinski definition) is 1. The first kappa shape index (κ1) is 12.6. The van der Waals surface area contributed by atoms with E-state index in [9.17, 15) is 5.11 Å². The van der Waals surface area contributed by atoms with Gasteiger partial charge in [0, 0.05) is 6.04 Å². The Balaban J connectivity index is 2.00. The van der Waals surface area contributed by atoms with Crippen molar-refractivity contribution in [2.24, 2.45) is 0 Å². The van der Waals surface area contributed by atoms with Crippen LogP contribution in [0.1, 0.15) is 44.3 Å². The van der Waals surface area contributed by atoms with Gasteiger partial charge in [-0.25, -0.2) is 0 Å². The van der Waals surface area contributed by atoms with E-state index in [1.165, 1.54) is 25.7 Å². The lowest BCUT2D eigenvalue weighted by Crippen LogP contribution is -2.38. The molecule has 1 aliphatic rings. The summed E-state index contributed by atoms with van der Waals surface area (Å²) in [6.45, 7) is 4.40. The summed E-state index contributed by atoms with van der Waals surface area (Å²) < 4.78 is 0. The molecular formula is C15H23NO. The highest BCUT2D eigenvalue weighted by Crippen LogP contribution is 2.23. The van der Waals surface area contributed by atoms with Crippen molar-refractivity contribution in [3.05, 3.63) is 35.9 Å². The predicted molar refractivity (Wildman–Crippen MR) is 70.9 cm³/mol. The molecule has 2 heteroatoms. The van der Waals surface area contributed by atoms with Crippen molar-refractivity contribution in [3.63, 3.8) is 0 Å². The largest absolute Gasteiger partial charge is 0.387 e. The summed E-state index contributed by atoms with van der Waals surface area (Å²) in [5.74, 6) is 0. The van der Waals surface area contributed by atoms with Crippen LogP contribution in [0.4, 0.5) is 0 Å². The lowest BCUT2D eigenvalue weighted by Gasteiger charge is -2.31. The van der Waals surface area contributed by atoms with Crippen LogP contribution in [0.15, 0.2) is 30.3 Å². The summed E-state index contributed by atoms with van der Waals surface area (Å²) >= 11 is 0. The van der Waals surface area contributed by atoms with Gasteiger partial charge in [0.05, 0.1) is 6.10 Å². The van der Waals surface area contributed by atoms with Crippen molar-refractivity contribution >= 4 is 0 Å². The molecule has 0 spiro atoms. The smallest absolute Gasteiger partial charge is 0.0942 e. The van der Waals surface area contributed by atoms with E-state index in [-0.39, 0.29) is 12.1 Å². The third-order valence-corrected chi connectivity index (χ3v) is 3.81. The van der Waals surface area contributed by atoms with E-state index < -0.39 is 0 Å². The lowest BCUT2D eigenvalue weighted by molar-refractivity contribution is 0.0598. The molecule has 0 aliphatic carbocycles. The Kier molecular flexibility index (Phi) is 4.57. The molecule has 1 fully saturated rings. The molecule has 17 heavy (non-hydrogen) atoms. The average molecular weight is 233 g/mol. The SMILES string of the molecule is C[C@H]([C@H](O)c1ccccc1)N1CCCCCC1. The maximum atomic E-state index is 10.4. The number of aliphatic hydroxyl groups is 1. The van der Waals surface area contributed by atoms with E-state index in [2.05, 4.69) is 11.8 Å². The second-order valence-corrected chi connectivity index (χ2v) is 5.05. The van der Waals surface area contributed by atoms with E-state index in [1.54, 1.807) is 0 Å². The molecule has 1 aliphatic heterocycles. The fourth-order valence-corrected chi connectivity index (χ4v) is 2.63. The van der Waals surface area contributed by atoms with E-state index >= 15 is 0 Å². The number of rotatable bonds is 3. The minimum atomic E-state index is -0.366. The molecule has 2 nitrogen and oxygen atoms in total. The molecule has 1 N–H and O–H groups in total. The Hall–Kier alpha value is -0.860. The van der Waals surface area contributed by atoms with Gasteiger partial charge < -0.3 is 5.11 Å². The molecule has 2 atom stereocenters. The summed E-state index contributed by atoms with van der Waals surface area (Å²) in [4.78, 5) is 2.44. The predicted octanol–water partition coefficient (Wildman–Crippen LogP) is 2.98. The van der Waals surface area contributed by atoms with Crippen LogP contribution in [0.5, 0.6) is 0 Å². The zero-order valence-corrected chi connectivity index (χ0v) is 10.7. The van der Waals surface area contributed by atoms with Gasteiger partial charge in [-0.05, 0) is 38.4 Å².